The predicted molar refractivity (Wildman–Crippen MR) is 77.3 cm³/mol. The van der Waals surface area contributed by atoms with Gasteiger partial charge in [-0.15, -0.1) is 0 Å². The van der Waals surface area contributed by atoms with E-state index in [2.05, 4.69) is 4.90 Å². The largest absolute Gasteiger partial charge is 0.494 e. The van der Waals surface area contributed by atoms with Crippen LogP contribution in [0.5, 0.6) is 5.75 Å². The number of ether oxygens (including phenoxy) is 1. The summed E-state index contributed by atoms with van der Waals surface area (Å²) in [7, 11) is 3.30. The third kappa shape index (κ3) is 3.06. The maximum absolute atomic E-state index is 13.7. The van der Waals surface area contributed by atoms with Crippen LogP contribution in [0.1, 0.15) is 0 Å². The number of nitro groups is 1. The number of likely N-dealkylation sites (N-methyl/N-ethyl adjacent to an activating group) is 1. The molecule has 1 heterocycles. The standard InChI is InChI=1S/C13H19FN4O3/c1-16-3-4-17(9(7-15)8-16)11-6-13(21-2)10(14)5-12(11)18(19)20/h5-6,9H,3-4,7-8,15H2,1-2H3. The Bertz CT molecular complexity index is 540. The van der Waals surface area contributed by atoms with Crippen molar-refractivity contribution in [3.8, 4) is 5.75 Å². The molecule has 1 aliphatic heterocycles. The van der Waals surface area contributed by atoms with Crippen molar-refractivity contribution in [2.24, 2.45) is 5.73 Å². The summed E-state index contributed by atoms with van der Waals surface area (Å²) < 4.78 is 18.7. The van der Waals surface area contributed by atoms with Gasteiger partial charge in [0.05, 0.1) is 24.1 Å². The molecule has 1 atom stereocenters. The lowest BCUT2D eigenvalue weighted by Crippen LogP contribution is -2.55. The van der Waals surface area contributed by atoms with Crippen LogP contribution in [-0.2, 0) is 0 Å². The average molecular weight is 298 g/mol. The number of rotatable bonds is 4. The Morgan fingerprint density at radius 2 is 2.24 bits per heavy atom. The van der Waals surface area contributed by atoms with Crippen LogP contribution in [0.2, 0.25) is 0 Å². The highest BCUT2D eigenvalue weighted by Gasteiger charge is 2.30. The van der Waals surface area contributed by atoms with Gasteiger partial charge < -0.3 is 20.3 Å². The molecule has 1 aliphatic rings. The molecule has 0 radical (unpaired) electrons. The first-order valence-corrected chi connectivity index (χ1v) is 6.65. The number of hydrogen-bond acceptors (Lipinski definition) is 6. The van der Waals surface area contributed by atoms with Gasteiger partial charge in [-0.05, 0) is 7.05 Å². The van der Waals surface area contributed by atoms with Crippen molar-refractivity contribution < 1.29 is 14.1 Å². The monoisotopic (exact) mass is 298 g/mol. The van der Waals surface area contributed by atoms with Gasteiger partial charge in [-0.3, -0.25) is 10.1 Å². The van der Waals surface area contributed by atoms with Crippen LogP contribution in [0.15, 0.2) is 12.1 Å². The average Bonchev–Trinajstić information content (AvgIpc) is 2.47. The first-order valence-electron chi connectivity index (χ1n) is 6.65. The molecule has 0 bridgehead atoms. The molecule has 0 aromatic heterocycles. The lowest BCUT2D eigenvalue weighted by Gasteiger charge is -2.40. The topological polar surface area (TPSA) is 84.9 Å². The van der Waals surface area contributed by atoms with E-state index in [1.807, 2.05) is 11.9 Å². The highest BCUT2D eigenvalue weighted by Crippen LogP contribution is 2.36. The second kappa shape index (κ2) is 6.23. The van der Waals surface area contributed by atoms with Crippen LogP contribution >= 0.6 is 0 Å². The number of methoxy groups -OCH3 is 1. The summed E-state index contributed by atoms with van der Waals surface area (Å²) in [6.45, 7) is 2.41. The number of anilines is 1. The molecule has 21 heavy (non-hydrogen) atoms. The van der Waals surface area contributed by atoms with Crippen molar-refractivity contribution in [3.05, 3.63) is 28.1 Å². The van der Waals surface area contributed by atoms with E-state index >= 15 is 0 Å². The second-order valence-electron chi connectivity index (χ2n) is 5.08. The summed E-state index contributed by atoms with van der Waals surface area (Å²) in [6, 6.07) is 2.22. The summed E-state index contributed by atoms with van der Waals surface area (Å²) in [5.74, 6) is -0.753. The molecule has 8 heteroatoms. The molecule has 1 fully saturated rings. The van der Waals surface area contributed by atoms with Crippen molar-refractivity contribution in [1.29, 1.82) is 0 Å². The fourth-order valence-corrected chi connectivity index (χ4v) is 2.59. The van der Waals surface area contributed by atoms with Crippen molar-refractivity contribution in [3.63, 3.8) is 0 Å². The molecule has 0 saturated carbocycles. The van der Waals surface area contributed by atoms with Crippen LogP contribution in [0.3, 0.4) is 0 Å². The van der Waals surface area contributed by atoms with Gasteiger partial charge in [-0.25, -0.2) is 4.39 Å². The number of hydrogen-bond donors (Lipinski definition) is 1. The highest BCUT2D eigenvalue weighted by molar-refractivity contribution is 5.67. The van der Waals surface area contributed by atoms with Crippen LogP contribution in [0.25, 0.3) is 0 Å². The summed E-state index contributed by atoms with van der Waals surface area (Å²) in [5.41, 5.74) is 5.86. The van der Waals surface area contributed by atoms with Gasteiger partial charge in [0.25, 0.3) is 5.69 Å². The summed E-state index contributed by atoms with van der Waals surface area (Å²) in [5, 5.41) is 11.2. The van der Waals surface area contributed by atoms with E-state index in [0.29, 0.717) is 25.3 Å². The molecule has 1 aromatic rings. The van der Waals surface area contributed by atoms with Gasteiger partial charge in [0, 0.05) is 32.2 Å². The predicted octanol–water partition coefficient (Wildman–Crippen LogP) is 0.822. The van der Waals surface area contributed by atoms with Gasteiger partial charge in [-0.2, -0.15) is 0 Å². The molecule has 2 N–H and O–H groups in total. The fourth-order valence-electron chi connectivity index (χ4n) is 2.59. The number of piperazine rings is 1. The number of nitrogens with zero attached hydrogens (tertiary/aromatic N) is 3. The molecule has 116 valence electrons. The summed E-state index contributed by atoms with van der Waals surface area (Å²) >= 11 is 0. The van der Waals surface area contributed by atoms with E-state index in [9.17, 15) is 14.5 Å². The number of halogens is 1. The molecule has 0 aliphatic carbocycles. The van der Waals surface area contributed by atoms with E-state index in [1.54, 1.807) is 0 Å². The molecular weight excluding hydrogens is 279 g/mol. The number of benzene rings is 1. The zero-order valence-corrected chi connectivity index (χ0v) is 12.1. The molecule has 1 unspecified atom stereocenters. The van der Waals surface area contributed by atoms with Crippen molar-refractivity contribution in [2.45, 2.75) is 6.04 Å². The maximum Gasteiger partial charge on any atom is 0.295 e. The summed E-state index contributed by atoms with van der Waals surface area (Å²) in [4.78, 5) is 14.6. The lowest BCUT2D eigenvalue weighted by atomic mass is 10.1. The van der Waals surface area contributed by atoms with Crippen molar-refractivity contribution in [2.75, 3.05) is 45.2 Å². The maximum atomic E-state index is 13.7. The van der Waals surface area contributed by atoms with Crippen molar-refractivity contribution >= 4 is 11.4 Å². The molecule has 7 nitrogen and oxygen atoms in total. The Morgan fingerprint density at radius 1 is 1.52 bits per heavy atom. The minimum Gasteiger partial charge on any atom is -0.494 e. The van der Waals surface area contributed by atoms with E-state index in [4.69, 9.17) is 10.5 Å². The zero-order valence-electron chi connectivity index (χ0n) is 12.1. The summed E-state index contributed by atoms with van der Waals surface area (Å²) in [6.07, 6.45) is 0. The molecule has 0 spiro atoms. The van der Waals surface area contributed by atoms with Crippen LogP contribution in [0, 0.1) is 15.9 Å². The molecular formula is C13H19FN4O3. The second-order valence-corrected chi connectivity index (χ2v) is 5.08. The normalized spacial score (nSPS) is 19.6. The first-order chi connectivity index (χ1) is 9.97. The molecule has 1 aromatic carbocycles. The number of nitrogens with two attached hydrogens (primary N) is 1. The zero-order chi connectivity index (χ0) is 15.6. The van der Waals surface area contributed by atoms with Crippen LogP contribution in [0.4, 0.5) is 15.8 Å². The highest BCUT2D eigenvalue weighted by atomic mass is 19.1. The van der Waals surface area contributed by atoms with Crippen LogP contribution in [-0.4, -0.2) is 56.2 Å². The van der Waals surface area contributed by atoms with E-state index in [-0.39, 0.29) is 17.5 Å². The van der Waals surface area contributed by atoms with E-state index in [1.165, 1.54) is 13.2 Å². The minimum atomic E-state index is -0.744. The smallest absolute Gasteiger partial charge is 0.295 e. The molecule has 0 amide bonds. The minimum absolute atomic E-state index is 0.00898. The number of nitro benzene ring substituents is 1. The quantitative estimate of drug-likeness (QED) is 0.654. The fraction of sp³-hybridized carbons (Fsp3) is 0.538. The van der Waals surface area contributed by atoms with Gasteiger partial charge in [0.1, 0.15) is 5.69 Å². The van der Waals surface area contributed by atoms with Crippen molar-refractivity contribution in [1.82, 2.24) is 4.90 Å². The molecule has 1 saturated heterocycles. The van der Waals surface area contributed by atoms with Gasteiger partial charge >= 0.3 is 0 Å². The molecule has 2 rings (SSSR count). The Morgan fingerprint density at radius 3 is 2.81 bits per heavy atom. The van der Waals surface area contributed by atoms with E-state index < -0.39 is 10.7 Å². The van der Waals surface area contributed by atoms with Gasteiger partial charge in [-0.1, -0.05) is 0 Å². The van der Waals surface area contributed by atoms with Gasteiger partial charge in [0.15, 0.2) is 11.6 Å². The Hall–Kier alpha value is -1.93. The SMILES string of the molecule is COc1cc(N2CCN(C)CC2CN)c([N+](=O)[O-])cc1F. The van der Waals surface area contributed by atoms with E-state index in [0.717, 1.165) is 12.6 Å². The third-order valence-electron chi connectivity index (χ3n) is 3.71. The Labute approximate surface area is 122 Å². The lowest BCUT2D eigenvalue weighted by molar-refractivity contribution is -0.384. The van der Waals surface area contributed by atoms with Gasteiger partial charge in [0.2, 0.25) is 0 Å². The third-order valence-corrected chi connectivity index (χ3v) is 3.71. The Balaban J connectivity index is 2.47. The van der Waals surface area contributed by atoms with Crippen LogP contribution < -0.4 is 15.4 Å². The first kappa shape index (κ1) is 15.5. The Kier molecular flexibility index (Phi) is 4.59.